The van der Waals surface area contributed by atoms with Gasteiger partial charge in [-0.1, -0.05) is 26.0 Å². The lowest BCUT2D eigenvalue weighted by molar-refractivity contribution is -0.138. The van der Waals surface area contributed by atoms with Crippen LogP contribution >= 0.6 is 0 Å². The lowest BCUT2D eigenvalue weighted by Gasteiger charge is -2.42. The minimum Gasteiger partial charge on any atom is -0.379 e. The van der Waals surface area contributed by atoms with Crippen molar-refractivity contribution in [2.24, 2.45) is 13.0 Å². The number of hydrogen-bond donors (Lipinski definition) is 1. The van der Waals surface area contributed by atoms with E-state index >= 15 is 0 Å². The van der Waals surface area contributed by atoms with E-state index in [2.05, 4.69) is 34.3 Å². The summed E-state index contributed by atoms with van der Waals surface area (Å²) < 4.78 is 50.9. The number of rotatable bonds is 10. The zero-order valence-electron chi connectivity index (χ0n) is 24.6. The first-order chi connectivity index (χ1) is 20.0. The highest BCUT2D eigenvalue weighted by atomic mass is 19.4. The van der Waals surface area contributed by atoms with Crippen LogP contribution in [0.5, 0.6) is 0 Å². The summed E-state index contributed by atoms with van der Waals surface area (Å²) in [6.07, 6.45) is -1.75. The Hall–Kier alpha value is -3.28. The summed E-state index contributed by atoms with van der Waals surface area (Å²) in [5.41, 5.74) is 1.29. The number of aryl methyl sites for hydroxylation is 1. The molecule has 0 radical (unpaired) electrons. The van der Waals surface area contributed by atoms with E-state index in [1.165, 1.54) is 6.07 Å². The molecule has 0 saturated carbocycles. The average Bonchev–Trinajstić information content (AvgIpc) is 3.34. The Bertz CT molecular complexity index is 1400. The molecular weight excluding hydrogens is 545 g/mol. The van der Waals surface area contributed by atoms with Gasteiger partial charge >= 0.3 is 6.18 Å². The van der Waals surface area contributed by atoms with Gasteiger partial charge in [-0.05, 0) is 46.9 Å². The minimum atomic E-state index is -4.60. The summed E-state index contributed by atoms with van der Waals surface area (Å²) in [6.45, 7) is 7.88. The molecule has 2 aromatic carbocycles. The summed E-state index contributed by atoms with van der Waals surface area (Å²) in [5, 5.41) is 11.6. The van der Waals surface area contributed by atoms with Crippen molar-refractivity contribution in [3.8, 4) is 0 Å². The Morgan fingerprint density at radius 3 is 2.64 bits per heavy atom. The smallest absolute Gasteiger partial charge is 0.379 e. The predicted octanol–water partition coefficient (Wildman–Crippen LogP) is 4.22. The molecule has 0 amide bonds. The molecule has 1 atom stereocenters. The third kappa shape index (κ3) is 6.23. The molecule has 0 bridgehead atoms. The summed E-state index contributed by atoms with van der Waals surface area (Å²) >= 11 is 0. The van der Waals surface area contributed by atoms with E-state index in [9.17, 15) is 18.0 Å². The van der Waals surface area contributed by atoms with Gasteiger partial charge in [0.05, 0.1) is 18.8 Å². The fourth-order valence-electron chi connectivity index (χ4n) is 6.13. The molecule has 1 aromatic heterocycles. The maximum absolute atomic E-state index is 14.5. The molecular formula is C31H39F3N6O2. The normalized spacial score (nSPS) is 19.1. The number of nitrogens with one attached hydrogen (secondary N) is 1. The first kappa shape index (κ1) is 30.2. The molecule has 226 valence electrons. The Morgan fingerprint density at radius 1 is 1.24 bits per heavy atom. The zero-order chi connectivity index (χ0) is 30.1. The molecule has 3 heterocycles. The highest BCUT2D eigenvalue weighted by molar-refractivity contribution is 5.79. The maximum atomic E-state index is 14.5. The molecule has 2 saturated heterocycles. The van der Waals surface area contributed by atoms with E-state index in [1.54, 1.807) is 24.3 Å². The Morgan fingerprint density at radius 2 is 2.02 bits per heavy atom. The number of alkyl halides is 3. The maximum Gasteiger partial charge on any atom is 0.416 e. The summed E-state index contributed by atoms with van der Waals surface area (Å²) in [4.78, 5) is 16.2. The summed E-state index contributed by atoms with van der Waals surface area (Å²) in [5.74, 6) is 1.18. The van der Waals surface area contributed by atoms with Crippen molar-refractivity contribution in [3.05, 3.63) is 76.4 Å². The quantitative estimate of drug-likeness (QED) is 0.358. The van der Waals surface area contributed by atoms with Crippen molar-refractivity contribution >= 4 is 12.0 Å². The number of ether oxygens (including phenoxy) is 1. The molecule has 2 fully saturated rings. The largest absolute Gasteiger partial charge is 0.416 e. The number of hydrogen-bond acceptors (Lipinski definition) is 7. The van der Waals surface area contributed by atoms with Crippen molar-refractivity contribution in [1.29, 1.82) is 0 Å². The number of carbonyl (C=O) groups is 1. The molecule has 1 unspecified atom stereocenters. The van der Waals surface area contributed by atoms with Crippen LogP contribution in [-0.2, 0) is 42.9 Å². The van der Waals surface area contributed by atoms with Crippen molar-refractivity contribution in [2.75, 3.05) is 44.8 Å². The molecule has 5 rings (SSSR count). The van der Waals surface area contributed by atoms with Gasteiger partial charge in [-0.25, -0.2) is 0 Å². The van der Waals surface area contributed by atoms with Crippen LogP contribution in [0.1, 0.15) is 52.3 Å². The predicted molar refractivity (Wildman–Crippen MR) is 154 cm³/mol. The fraction of sp³-hybridized carbons (Fsp3) is 0.516. The topological polar surface area (TPSA) is 75.5 Å². The SMILES string of the molecule is CC(C)C1CNCCN1Cc1cc(C=O)c(CN(C)c2cccc(C3(Cc4nncn4C)COC3)c2)c(C(F)(F)F)c1. The number of carbonyl (C=O) groups excluding carboxylic acids is 1. The molecule has 0 spiro atoms. The first-order valence-corrected chi connectivity index (χ1v) is 14.4. The van der Waals surface area contributed by atoms with E-state index < -0.39 is 11.7 Å². The van der Waals surface area contributed by atoms with Crippen LogP contribution in [-0.4, -0.2) is 71.9 Å². The van der Waals surface area contributed by atoms with Gasteiger partial charge < -0.3 is 19.5 Å². The van der Waals surface area contributed by atoms with Crippen LogP contribution in [0.4, 0.5) is 18.9 Å². The highest BCUT2D eigenvalue weighted by Crippen LogP contribution is 2.39. The molecule has 2 aliphatic rings. The molecule has 42 heavy (non-hydrogen) atoms. The van der Waals surface area contributed by atoms with Crippen molar-refractivity contribution in [3.63, 3.8) is 0 Å². The number of halogens is 3. The molecule has 1 N–H and O–H groups in total. The van der Waals surface area contributed by atoms with Crippen molar-refractivity contribution < 1.29 is 22.7 Å². The fourth-order valence-corrected chi connectivity index (χ4v) is 6.13. The Kier molecular flexibility index (Phi) is 8.73. The Balaban J connectivity index is 1.42. The van der Waals surface area contributed by atoms with Crippen LogP contribution in [0.15, 0.2) is 42.7 Å². The van der Waals surface area contributed by atoms with Gasteiger partial charge in [0.2, 0.25) is 0 Å². The van der Waals surface area contributed by atoms with Gasteiger partial charge in [-0.2, -0.15) is 13.2 Å². The standard InChI is InChI=1S/C31H39F3N6O2/c1-21(2)28-14-35-8-9-40(28)15-22-10-23(17-41)26(27(11-22)31(32,33)34)16-38(3)25-7-5-6-24(12-25)30(18-42-19-30)13-29-37-36-20-39(29)4/h5-7,10-12,17,20-21,28,35H,8-9,13-16,18-19H2,1-4H3. The third-order valence-electron chi connectivity index (χ3n) is 8.68. The second-order valence-electron chi connectivity index (χ2n) is 12.0. The molecule has 8 nitrogen and oxygen atoms in total. The van der Waals surface area contributed by atoms with Gasteiger partial charge in [-0.3, -0.25) is 9.69 Å². The van der Waals surface area contributed by atoms with Gasteiger partial charge in [0.1, 0.15) is 18.4 Å². The van der Waals surface area contributed by atoms with Crippen LogP contribution < -0.4 is 10.2 Å². The number of benzene rings is 2. The third-order valence-corrected chi connectivity index (χ3v) is 8.68. The van der Waals surface area contributed by atoms with Gasteiger partial charge in [-0.15, -0.1) is 10.2 Å². The number of piperazine rings is 1. The van der Waals surface area contributed by atoms with Crippen molar-refractivity contribution in [2.45, 2.75) is 51.0 Å². The van der Waals surface area contributed by atoms with Crippen LogP contribution in [0, 0.1) is 5.92 Å². The van der Waals surface area contributed by atoms with Crippen molar-refractivity contribution in [1.82, 2.24) is 25.0 Å². The minimum absolute atomic E-state index is 0.0179. The molecule has 2 aliphatic heterocycles. The number of anilines is 1. The molecule has 3 aromatic rings. The van der Waals surface area contributed by atoms with E-state index in [0.717, 1.165) is 36.7 Å². The second kappa shape index (κ2) is 12.1. The van der Waals surface area contributed by atoms with E-state index in [0.29, 0.717) is 43.9 Å². The van der Waals surface area contributed by atoms with Crippen LogP contribution in [0.2, 0.25) is 0 Å². The Labute approximate surface area is 244 Å². The highest BCUT2D eigenvalue weighted by Gasteiger charge is 2.42. The van der Waals surface area contributed by atoms with Crippen LogP contribution in [0.25, 0.3) is 0 Å². The monoisotopic (exact) mass is 584 g/mol. The lowest BCUT2D eigenvalue weighted by Crippen LogP contribution is -2.53. The van der Waals surface area contributed by atoms with Gasteiger partial charge in [0.15, 0.2) is 0 Å². The van der Waals surface area contributed by atoms with E-state index in [4.69, 9.17) is 4.74 Å². The number of aromatic nitrogens is 3. The second-order valence-corrected chi connectivity index (χ2v) is 12.0. The summed E-state index contributed by atoms with van der Waals surface area (Å²) in [7, 11) is 3.65. The van der Waals surface area contributed by atoms with E-state index in [1.807, 2.05) is 35.9 Å². The zero-order valence-corrected chi connectivity index (χ0v) is 24.6. The number of aldehydes is 1. The van der Waals surface area contributed by atoms with Gasteiger partial charge in [0, 0.05) is 75.9 Å². The molecule has 0 aliphatic carbocycles. The average molecular weight is 585 g/mol. The van der Waals surface area contributed by atoms with Gasteiger partial charge in [0.25, 0.3) is 0 Å². The van der Waals surface area contributed by atoms with Crippen LogP contribution in [0.3, 0.4) is 0 Å². The molecule has 11 heteroatoms. The first-order valence-electron chi connectivity index (χ1n) is 14.4. The lowest BCUT2D eigenvalue weighted by atomic mass is 9.75. The van der Waals surface area contributed by atoms with E-state index in [-0.39, 0.29) is 29.1 Å². The number of nitrogens with zero attached hydrogens (tertiary/aromatic N) is 5. The summed E-state index contributed by atoms with van der Waals surface area (Å²) in [6, 6.07) is 10.9.